The van der Waals surface area contributed by atoms with Crippen LogP contribution < -0.4 is 10.9 Å². The molecule has 2 N–H and O–H groups in total. The second-order valence-corrected chi connectivity index (χ2v) is 7.55. The van der Waals surface area contributed by atoms with Gasteiger partial charge in [-0.2, -0.15) is 0 Å². The molecule has 156 valence electrons. The van der Waals surface area contributed by atoms with Crippen LogP contribution in [0.3, 0.4) is 0 Å². The largest absolute Gasteiger partial charge is 0.376 e. The fourth-order valence-electron chi connectivity index (χ4n) is 4.23. The monoisotopic (exact) mass is 405 g/mol. The number of anilines is 1. The minimum atomic E-state index is -0.895. The van der Waals surface area contributed by atoms with Crippen molar-refractivity contribution in [2.24, 2.45) is 0 Å². The number of ether oxygens (including phenoxy) is 2. The number of halogens is 2. The highest BCUT2D eigenvalue weighted by molar-refractivity contribution is 5.43. The van der Waals surface area contributed by atoms with E-state index in [1.54, 1.807) is 0 Å². The lowest BCUT2D eigenvalue weighted by molar-refractivity contribution is 0.0237. The quantitative estimate of drug-likeness (QED) is 0.571. The maximum Gasteiger partial charge on any atom is 0.253 e. The van der Waals surface area contributed by atoms with Crippen molar-refractivity contribution in [1.82, 2.24) is 9.88 Å². The molecule has 1 aromatic carbocycles. The molecule has 1 unspecified atom stereocenters. The summed E-state index contributed by atoms with van der Waals surface area (Å²) in [6.07, 6.45) is 3.62. The number of nitrogens with zero attached hydrogens (tertiary/aromatic N) is 1. The van der Waals surface area contributed by atoms with Gasteiger partial charge >= 0.3 is 0 Å². The first-order valence-electron chi connectivity index (χ1n) is 9.86. The topological polar surface area (TPSA) is 66.6 Å². The number of aromatic amines is 1. The van der Waals surface area contributed by atoms with Crippen LogP contribution in [0.5, 0.6) is 0 Å². The molecule has 1 atom stereocenters. The Bertz CT molecular complexity index is 947. The van der Waals surface area contributed by atoms with Crippen molar-refractivity contribution < 1.29 is 18.3 Å². The van der Waals surface area contributed by atoms with E-state index in [2.05, 4.69) is 15.2 Å². The molecule has 4 rings (SSSR count). The summed E-state index contributed by atoms with van der Waals surface area (Å²) in [7, 11) is 1.99. The third kappa shape index (κ3) is 4.19. The molecule has 0 saturated heterocycles. The number of aromatic nitrogens is 1. The summed E-state index contributed by atoms with van der Waals surface area (Å²) >= 11 is 0. The van der Waals surface area contributed by atoms with Crippen molar-refractivity contribution >= 4 is 5.69 Å². The van der Waals surface area contributed by atoms with Gasteiger partial charge in [-0.1, -0.05) is 0 Å². The summed E-state index contributed by atoms with van der Waals surface area (Å²) in [5.74, 6) is -1.77. The molecule has 2 aromatic rings. The van der Waals surface area contributed by atoms with Crippen LogP contribution >= 0.6 is 0 Å². The van der Waals surface area contributed by atoms with Gasteiger partial charge in [0.15, 0.2) is 11.6 Å². The van der Waals surface area contributed by atoms with Gasteiger partial charge in [-0.15, -0.1) is 0 Å². The first-order chi connectivity index (χ1) is 14.0. The first-order valence-corrected chi connectivity index (χ1v) is 9.86. The Morgan fingerprint density at radius 3 is 2.97 bits per heavy atom. The van der Waals surface area contributed by atoms with Crippen LogP contribution in [0.4, 0.5) is 14.5 Å². The molecule has 1 aromatic heterocycles. The van der Waals surface area contributed by atoms with Crippen LogP contribution in [0.2, 0.25) is 0 Å². The zero-order valence-electron chi connectivity index (χ0n) is 16.4. The number of pyridine rings is 1. The Morgan fingerprint density at radius 2 is 2.14 bits per heavy atom. The summed E-state index contributed by atoms with van der Waals surface area (Å²) in [4.78, 5) is 17.6. The van der Waals surface area contributed by atoms with Crippen LogP contribution in [-0.4, -0.2) is 37.0 Å². The lowest BCUT2D eigenvalue weighted by Crippen LogP contribution is -2.35. The van der Waals surface area contributed by atoms with Gasteiger partial charge in [-0.3, -0.25) is 9.69 Å². The summed E-state index contributed by atoms with van der Waals surface area (Å²) in [6.45, 7) is 1.54. The molecule has 2 aliphatic rings. The number of nitrogens with one attached hydrogen (secondary N) is 2. The zero-order valence-corrected chi connectivity index (χ0v) is 16.4. The van der Waals surface area contributed by atoms with Crippen LogP contribution in [0.15, 0.2) is 23.0 Å². The predicted octanol–water partition coefficient (Wildman–Crippen LogP) is 3.08. The average Bonchev–Trinajstić information content (AvgIpc) is 2.73. The summed E-state index contributed by atoms with van der Waals surface area (Å²) in [6, 6.07) is 3.81. The van der Waals surface area contributed by atoms with E-state index in [1.807, 2.05) is 7.05 Å². The smallest absolute Gasteiger partial charge is 0.253 e. The van der Waals surface area contributed by atoms with Crippen molar-refractivity contribution in [3.8, 4) is 0 Å². The maximum atomic E-state index is 13.3. The van der Waals surface area contributed by atoms with Gasteiger partial charge in [0.25, 0.3) is 5.56 Å². The number of hydrogen-bond donors (Lipinski definition) is 2. The number of benzene rings is 1. The first kappa shape index (κ1) is 20.0. The molecule has 29 heavy (non-hydrogen) atoms. The van der Waals surface area contributed by atoms with E-state index in [9.17, 15) is 13.6 Å². The molecule has 0 fully saturated rings. The number of H-pyrrole nitrogens is 1. The fourth-order valence-corrected chi connectivity index (χ4v) is 4.23. The van der Waals surface area contributed by atoms with Gasteiger partial charge in [-0.25, -0.2) is 8.78 Å². The molecular formula is C21H25F2N3O3. The van der Waals surface area contributed by atoms with Gasteiger partial charge in [0.1, 0.15) is 13.5 Å². The Kier molecular flexibility index (Phi) is 5.94. The predicted molar refractivity (Wildman–Crippen MR) is 105 cm³/mol. The minimum absolute atomic E-state index is 0.0336. The molecule has 0 spiro atoms. The van der Waals surface area contributed by atoms with Crippen molar-refractivity contribution in [3.63, 3.8) is 0 Å². The molecule has 2 heterocycles. The maximum absolute atomic E-state index is 13.3. The molecule has 0 saturated carbocycles. The van der Waals surface area contributed by atoms with E-state index in [4.69, 9.17) is 9.47 Å². The van der Waals surface area contributed by atoms with Crippen LogP contribution in [0.25, 0.3) is 0 Å². The highest BCUT2D eigenvalue weighted by Gasteiger charge is 2.30. The average molecular weight is 405 g/mol. The standard InChI is InChI=1S/C21H25F2N3O3/c1-26(12-29-11-24-13-5-6-16(22)17(23)9-13)19-4-2-3-18-20(19)14-7-8-28-10-15(14)21(27)25-18/h5-6,9,19,24H,2-4,7-8,10-12H2,1H3,(H,25,27). The molecule has 6 nitrogen and oxygen atoms in total. The number of rotatable bonds is 6. The van der Waals surface area contributed by atoms with E-state index in [0.29, 0.717) is 25.6 Å². The molecule has 0 amide bonds. The van der Waals surface area contributed by atoms with E-state index >= 15 is 0 Å². The normalized spacial score (nSPS) is 18.4. The Balaban J connectivity index is 1.42. The number of fused-ring (bicyclic) bond motifs is 3. The van der Waals surface area contributed by atoms with E-state index in [1.165, 1.54) is 11.6 Å². The van der Waals surface area contributed by atoms with Crippen molar-refractivity contribution in [3.05, 3.63) is 62.6 Å². The van der Waals surface area contributed by atoms with Crippen LogP contribution in [0.1, 0.15) is 41.3 Å². The molecule has 0 radical (unpaired) electrons. The highest BCUT2D eigenvalue weighted by atomic mass is 19.2. The van der Waals surface area contributed by atoms with Gasteiger partial charge in [-0.05, 0) is 56.0 Å². The third-order valence-electron chi connectivity index (χ3n) is 5.66. The Labute approximate surface area is 167 Å². The second kappa shape index (κ2) is 8.61. The Morgan fingerprint density at radius 1 is 1.28 bits per heavy atom. The summed E-state index contributed by atoms with van der Waals surface area (Å²) in [5, 5.41) is 2.93. The lowest BCUT2D eigenvalue weighted by Gasteiger charge is -2.35. The van der Waals surface area contributed by atoms with Gasteiger partial charge < -0.3 is 19.8 Å². The van der Waals surface area contributed by atoms with Gasteiger partial charge in [0, 0.05) is 29.1 Å². The fraction of sp³-hybridized carbons (Fsp3) is 0.476. The van der Waals surface area contributed by atoms with Gasteiger partial charge in [0.2, 0.25) is 0 Å². The molecular weight excluding hydrogens is 380 g/mol. The zero-order chi connectivity index (χ0) is 20.4. The number of hydrogen-bond acceptors (Lipinski definition) is 5. The molecule has 1 aliphatic carbocycles. The molecule has 1 aliphatic heterocycles. The van der Waals surface area contributed by atoms with E-state index in [0.717, 1.165) is 54.6 Å². The Hall–Kier alpha value is -2.29. The highest BCUT2D eigenvalue weighted by Crippen LogP contribution is 2.36. The van der Waals surface area contributed by atoms with E-state index in [-0.39, 0.29) is 18.3 Å². The summed E-state index contributed by atoms with van der Waals surface area (Å²) in [5.41, 5.74) is 4.55. The summed E-state index contributed by atoms with van der Waals surface area (Å²) < 4.78 is 37.5. The van der Waals surface area contributed by atoms with Crippen molar-refractivity contribution in [1.29, 1.82) is 0 Å². The van der Waals surface area contributed by atoms with Crippen LogP contribution in [-0.2, 0) is 28.9 Å². The van der Waals surface area contributed by atoms with E-state index < -0.39 is 11.6 Å². The third-order valence-corrected chi connectivity index (χ3v) is 5.66. The van der Waals surface area contributed by atoms with Crippen molar-refractivity contribution in [2.75, 3.05) is 32.4 Å². The lowest BCUT2D eigenvalue weighted by atomic mass is 9.84. The number of aryl methyl sites for hydroxylation is 1. The van der Waals surface area contributed by atoms with Gasteiger partial charge in [0.05, 0.1) is 13.2 Å². The minimum Gasteiger partial charge on any atom is -0.376 e. The SMILES string of the molecule is CN(COCNc1ccc(F)c(F)c1)C1CCCc2[nH]c(=O)c3c(c21)CCOC3. The van der Waals surface area contributed by atoms with Crippen molar-refractivity contribution in [2.45, 2.75) is 38.3 Å². The van der Waals surface area contributed by atoms with Crippen LogP contribution in [0, 0.1) is 11.6 Å². The molecule has 8 heteroatoms. The molecule has 0 bridgehead atoms. The second-order valence-electron chi connectivity index (χ2n) is 7.55.